The van der Waals surface area contributed by atoms with Gasteiger partial charge < -0.3 is 15.4 Å². The van der Waals surface area contributed by atoms with Gasteiger partial charge in [0.25, 0.3) is 0 Å². The van der Waals surface area contributed by atoms with Crippen molar-refractivity contribution in [3.05, 3.63) is 46.7 Å². The van der Waals surface area contributed by atoms with E-state index in [2.05, 4.69) is 22.5 Å². The van der Waals surface area contributed by atoms with E-state index >= 15 is 0 Å². The van der Waals surface area contributed by atoms with Gasteiger partial charge in [0, 0.05) is 12.2 Å². The van der Waals surface area contributed by atoms with E-state index in [1.807, 2.05) is 31.2 Å². The van der Waals surface area contributed by atoms with Crippen molar-refractivity contribution in [1.82, 2.24) is 15.5 Å². The fourth-order valence-electron chi connectivity index (χ4n) is 3.65. The molecule has 0 bridgehead atoms. The van der Waals surface area contributed by atoms with Gasteiger partial charge in [-0.25, -0.2) is 9.59 Å². The minimum atomic E-state index is -0.503. The molecule has 0 radical (unpaired) electrons. The number of benzene rings is 1. The second-order valence-corrected chi connectivity index (χ2v) is 7.51. The number of hydrogen-bond donors (Lipinski definition) is 2. The van der Waals surface area contributed by atoms with Crippen molar-refractivity contribution in [2.45, 2.75) is 39.7 Å². The van der Waals surface area contributed by atoms with Crippen molar-refractivity contribution >= 4 is 12.0 Å². The lowest BCUT2D eigenvalue weighted by molar-refractivity contribution is -0.139. The number of carbonyl (C=O) groups excluding carboxylic acids is 2. The third kappa shape index (κ3) is 4.69. The van der Waals surface area contributed by atoms with E-state index in [4.69, 9.17) is 4.74 Å². The van der Waals surface area contributed by atoms with E-state index in [1.54, 1.807) is 6.92 Å². The van der Waals surface area contributed by atoms with Gasteiger partial charge >= 0.3 is 12.0 Å². The number of rotatable bonds is 5. The summed E-state index contributed by atoms with van der Waals surface area (Å²) in [6, 6.07) is 7.08. The number of urea groups is 1. The van der Waals surface area contributed by atoms with Gasteiger partial charge in [-0.15, -0.1) is 0 Å². The summed E-state index contributed by atoms with van der Waals surface area (Å²) in [5, 5.41) is 5.75. The molecule has 2 heterocycles. The molecule has 0 saturated carbocycles. The van der Waals surface area contributed by atoms with Crippen molar-refractivity contribution in [2.75, 3.05) is 26.2 Å². The lowest BCUT2D eigenvalue weighted by atomic mass is 9.93. The molecule has 1 aromatic rings. The summed E-state index contributed by atoms with van der Waals surface area (Å²) in [7, 11) is 0. The van der Waals surface area contributed by atoms with E-state index in [-0.39, 0.29) is 12.0 Å². The standard InChI is InChI=1S/C21H29N3O3/c1-4-27-20(25)18-17(13-24-11-9-15(3)10-12-24)22-21(26)23-19(18)16-7-5-14(2)6-8-16/h5-8,15,19H,4,9-13H2,1-3H3,(H2,22,23,26)/t19-/m1/s1. The smallest absolute Gasteiger partial charge is 0.338 e. The Morgan fingerprint density at radius 3 is 2.52 bits per heavy atom. The highest BCUT2D eigenvalue weighted by Gasteiger charge is 2.34. The molecule has 1 aromatic carbocycles. The van der Waals surface area contributed by atoms with E-state index in [1.165, 1.54) is 0 Å². The Balaban J connectivity index is 1.94. The number of nitrogens with zero attached hydrogens (tertiary/aromatic N) is 1. The summed E-state index contributed by atoms with van der Waals surface area (Å²) < 4.78 is 5.32. The summed E-state index contributed by atoms with van der Waals surface area (Å²) >= 11 is 0. The maximum absolute atomic E-state index is 12.8. The molecular weight excluding hydrogens is 342 g/mol. The van der Waals surface area contributed by atoms with E-state index < -0.39 is 6.04 Å². The van der Waals surface area contributed by atoms with E-state index in [0.717, 1.165) is 43.0 Å². The Morgan fingerprint density at radius 2 is 1.89 bits per heavy atom. The lowest BCUT2D eigenvalue weighted by Gasteiger charge is -2.34. The highest BCUT2D eigenvalue weighted by atomic mass is 16.5. The zero-order valence-electron chi connectivity index (χ0n) is 16.4. The van der Waals surface area contributed by atoms with Gasteiger partial charge in [-0.1, -0.05) is 36.8 Å². The predicted molar refractivity (Wildman–Crippen MR) is 104 cm³/mol. The molecule has 1 fully saturated rings. The Hall–Kier alpha value is -2.34. The molecule has 6 nitrogen and oxygen atoms in total. The number of carbonyl (C=O) groups is 2. The molecule has 6 heteroatoms. The second kappa shape index (κ2) is 8.57. The first kappa shape index (κ1) is 19.4. The van der Waals surface area contributed by atoms with Crippen LogP contribution in [0.15, 0.2) is 35.5 Å². The highest BCUT2D eigenvalue weighted by Crippen LogP contribution is 2.29. The van der Waals surface area contributed by atoms with Gasteiger partial charge in [0.05, 0.1) is 18.2 Å². The number of ether oxygens (including phenoxy) is 1. The van der Waals surface area contributed by atoms with E-state index in [0.29, 0.717) is 24.4 Å². The van der Waals surface area contributed by atoms with Crippen LogP contribution in [0.4, 0.5) is 4.79 Å². The third-order valence-corrected chi connectivity index (χ3v) is 5.32. The predicted octanol–water partition coefficient (Wildman–Crippen LogP) is 2.90. The minimum absolute atomic E-state index is 0.283. The van der Waals surface area contributed by atoms with Crippen molar-refractivity contribution < 1.29 is 14.3 Å². The van der Waals surface area contributed by atoms with Crippen LogP contribution in [0.1, 0.15) is 43.9 Å². The number of likely N-dealkylation sites (tertiary alicyclic amines) is 1. The Bertz CT molecular complexity index is 719. The van der Waals surface area contributed by atoms with Crippen LogP contribution in [0, 0.1) is 12.8 Å². The van der Waals surface area contributed by atoms with E-state index in [9.17, 15) is 9.59 Å². The van der Waals surface area contributed by atoms with Crippen LogP contribution < -0.4 is 10.6 Å². The van der Waals surface area contributed by atoms with Gasteiger partial charge in [-0.05, 0) is 51.3 Å². The molecule has 0 aliphatic carbocycles. The molecule has 2 amide bonds. The normalized spacial score (nSPS) is 21.6. The first-order valence-corrected chi connectivity index (χ1v) is 9.74. The zero-order valence-corrected chi connectivity index (χ0v) is 16.4. The largest absolute Gasteiger partial charge is 0.463 e. The Morgan fingerprint density at radius 1 is 1.22 bits per heavy atom. The Labute approximate surface area is 161 Å². The average Bonchev–Trinajstić information content (AvgIpc) is 2.64. The van der Waals surface area contributed by atoms with Crippen LogP contribution in [0.2, 0.25) is 0 Å². The van der Waals surface area contributed by atoms with Crippen molar-refractivity contribution in [3.8, 4) is 0 Å². The lowest BCUT2D eigenvalue weighted by Crippen LogP contribution is -2.49. The van der Waals surface area contributed by atoms with Crippen LogP contribution >= 0.6 is 0 Å². The molecule has 1 saturated heterocycles. The van der Waals surface area contributed by atoms with Gasteiger partial charge in [0.1, 0.15) is 0 Å². The molecule has 0 aromatic heterocycles. The van der Waals surface area contributed by atoms with Gasteiger partial charge in [-0.3, -0.25) is 4.90 Å². The SMILES string of the molecule is CCOC(=O)C1=C(CN2CCC(C)CC2)NC(=O)N[C@@H]1c1ccc(C)cc1. The summed E-state index contributed by atoms with van der Waals surface area (Å²) in [5.74, 6) is 0.346. The highest BCUT2D eigenvalue weighted by molar-refractivity contribution is 5.95. The molecular formula is C21H29N3O3. The van der Waals surface area contributed by atoms with Crippen molar-refractivity contribution in [1.29, 1.82) is 0 Å². The quantitative estimate of drug-likeness (QED) is 0.781. The molecule has 1 atom stereocenters. The van der Waals surface area contributed by atoms with Crippen molar-refractivity contribution in [2.24, 2.45) is 5.92 Å². The summed E-state index contributed by atoms with van der Waals surface area (Å²) in [6.45, 7) is 8.86. The van der Waals surface area contributed by atoms with Crippen LogP contribution in [-0.2, 0) is 9.53 Å². The fraction of sp³-hybridized carbons (Fsp3) is 0.524. The number of hydrogen-bond acceptors (Lipinski definition) is 4. The molecule has 2 aliphatic rings. The number of piperidine rings is 1. The van der Waals surface area contributed by atoms with Crippen molar-refractivity contribution in [3.63, 3.8) is 0 Å². The molecule has 146 valence electrons. The van der Waals surface area contributed by atoms with Crippen LogP contribution in [-0.4, -0.2) is 43.1 Å². The monoisotopic (exact) mass is 371 g/mol. The maximum atomic E-state index is 12.8. The fourth-order valence-corrected chi connectivity index (χ4v) is 3.65. The summed E-state index contributed by atoms with van der Waals surface area (Å²) in [6.07, 6.45) is 2.27. The van der Waals surface area contributed by atoms with Crippen LogP contribution in [0.5, 0.6) is 0 Å². The molecule has 2 N–H and O–H groups in total. The molecule has 0 spiro atoms. The second-order valence-electron chi connectivity index (χ2n) is 7.51. The summed E-state index contributed by atoms with van der Waals surface area (Å²) in [5.41, 5.74) is 3.16. The Kier molecular flexibility index (Phi) is 6.16. The van der Waals surface area contributed by atoms with Crippen LogP contribution in [0.3, 0.4) is 0 Å². The first-order valence-electron chi connectivity index (χ1n) is 9.74. The number of amides is 2. The third-order valence-electron chi connectivity index (χ3n) is 5.32. The van der Waals surface area contributed by atoms with Crippen LogP contribution in [0.25, 0.3) is 0 Å². The van der Waals surface area contributed by atoms with Gasteiger partial charge in [-0.2, -0.15) is 0 Å². The first-order chi connectivity index (χ1) is 13.0. The van der Waals surface area contributed by atoms with Gasteiger partial charge in [0.2, 0.25) is 0 Å². The topological polar surface area (TPSA) is 70.7 Å². The number of esters is 1. The zero-order chi connectivity index (χ0) is 19.4. The average molecular weight is 371 g/mol. The molecule has 3 rings (SSSR count). The summed E-state index contributed by atoms with van der Waals surface area (Å²) in [4.78, 5) is 27.4. The minimum Gasteiger partial charge on any atom is -0.463 e. The maximum Gasteiger partial charge on any atom is 0.338 e. The molecule has 2 aliphatic heterocycles. The van der Waals surface area contributed by atoms with Gasteiger partial charge in [0.15, 0.2) is 0 Å². The molecule has 27 heavy (non-hydrogen) atoms. The molecule has 0 unspecified atom stereocenters. The number of nitrogens with one attached hydrogen (secondary N) is 2. The number of aryl methyl sites for hydroxylation is 1.